The number of furan rings is 1. The second-order valence-corrected chi connectivity index (χ2v) is 6.68. The normalized spacial score (nSPS) is 11.6. The lowest BCUT2D eigenvalue weighted by molar-refractivity contribution is 0.104. The van der Waals surface area contributed by atoms with Gasteiger partial charge in [0.15, 0.2) is 5.96 Å². The smallest absolute Gasteiger partial charge is 0.193 e. The lowest BCUT2D eigenvalue weighted by atomic mass is 10.1. The van der Waals surface area contributed by atoms with Crippen LogP contribution in [0.2, 0.25) is 0 Å². The van der Waals surface area contributed by atoms with Crippen LogP contribution < -0.4 is 5.32 Å². The number of nitrogens with one attached hydrogen (secondary N) is 1. The highest BCUT2D eigenvalue weighted by molar-refractivity contribution is 14.0. The molecule has 0 radical (unpaired) electrons. The zero-order chi connectivity index (χ0) is 18.9. The number of aromatic nitrogens is 2. The number of nitrogens with zero attached hydrogens (tertiary/aromatic N) is 4. The summed E-state index contributed by atoms with van der Waals surface area (Å²) in [5.41, 5.74) is 2.37. The van der Waals surface area contributed by atoms with Crippen LogP contribution in [0.1, 0.15) is 43.2 Å². The van der Waals surface area contributed by atoms with E-state index in [2.05, 4.69) is 40.4 Å². The molecule has 0 fully saturated rings. The number of aryl methyl sites for hydroxylation is 1. The van der Waals surface area contributed by atoms with E-state index >= 15 is 0 Å². The van der Waals surface area contributed by atoms with Crippen molar-refractivity contribution in [1.82, 2.24) is 20.0 Å². The van der Waals surface area contributed by atoms with Gasteiger partial charge >= 0.3 is 0 Å². The Bertz CT molecular complexity index is 682. The fourth-order valence-corrected chi connectivity index (χ4v) is 2.82. The number of hydrogen-bond donors (Lipinski definition) is 1. The van der Waals surface area contributed by atoms with E-state index in [-0.39, 0.29) is 24.0 Å². The Morgan fingerprint density at radius 2 is 2.22 bits per heavy atom. The third-order valence-electron chi connectivity index (χ3n) is 4.04. The van der Waals surface area contributed by atoms with E-state index in [1.807, 2.05) is 30.9 Å². The standard InChI is InChI=1S/C19H31N5O2.HI/c1-15(2)18-16(13-24(5)22-18)12-23(4)19(20-3)21-9-7-10-25-14-17-8-6-11-26-17;/h6,8,11,13,15H,7,9-10,12,14H2,1-5H3,(H,20,21);1H. The van der Waals surface area contributed by atoms with Crippen molar-refractivity contribution in [3.8, 4) is 0 Å². The topological polar surface area (TPSA) is 67.8 Å². The molecule has 7 nitrogen and oxygen atoms in total. The van der Waals surface area contributed by atoms with Crippen LogP contribution in [0.15, 0.2) is 34.0 Å². The summed E-state index contributed by atoms with van der Waals surface area (Å²) in [5, 5.41) is 7.95. The number of rotatable bonds is 9. The van der Waals surface area contributed by atoms with E-state index in [1.54, 1.807) is 13.3 Å². The van der Waals surface area contributed by atoms with Crippen LogP contribution in [0, 0.1) is 0 Å². The maximum atomic E-state index is 5.60. The molecular formula is C19H32IN5O2. The minimum Gasteiger partial charge on any atom is -0.467 e. The van der Waals surface area contributed by atoms with E-state index in [4.69, 9.17) is 9.15 Å². The minimum absolute atomic E-state index is 0. The fourth-order valence-electron chi connectivity index (χ4n) is 2.82. The Morgan fingerprint density at radius 3 is 2.85 bits per heavy atom. The second kappa shape index (κ2) is 12.0. The zero-order valence-corrected chi connectivity index (χ0v) is 19.3. The molecule has 0 spiro atoms. The molecule has 0 saturated carbocycles. The van der Waals surface area contributed by atoms with Crippen LogP contribution in [-0.4, -0.2) is 47.9 Å². The van der Waals surface area contributed by atoms with Crippen LogP contribution in [-0.2, 0) is 24.9 Å². The quantitative estimate of drug-likeness (QED) is 0.253. The molecular weight excluding hydrogens is 457 g/mol. The van der Waals surface area contributed by atoms with Gasteiger partial charge in [-0.15, -0.1) is 24.0 Å². The summed E-state index contributed by atoms with van der Waals surface area (Å²) in [4.78, 5) is 6.49. The number of halogens is 1. The molecule has 0 unspecified atom stereocenters. The van der Waals surface area contributed by atoms with Crippen molar-refractivity contribution in [3.63, 3.8) is 0 Å². The molecule has 0 aliphatic heterocycles. The molecule has 2 aromatic rings. The largest absolute Gasteiger partial charge is 0.467 e. The number of guanidine groups is 1. The van der Waals surface area contributed by atoms with E-state index in [1.165, 1.54) is 5.56 Å². The molecule has 27 heavy (non-hydrogen) atoms. The number of ether oxygens (including phenoxy) is 1. The monoisotopic (exact) mass is 489 g/mol. The van der Waals surface area contributed by atoms with Crippen LogP contribution in [0.3, 0.4) is 0 Å². The van der Waals surface area contributed by atoms with Crippen molar-refractivity contribution in [2.75, 3.05) is 27.2 Å². The highest BCUT2D eigenvalue weighted by Crippen LogP contribution is 2.18. The van der Waals surface area contributed by atoms with Crippen molar-refractivity contribution in [2.24, 2.45) is 12.0 Å². The van der Waals surface area contributed by atoms with Crippen molar-refractivity contribution in [3.05, 3.63) is 41.6 Å². The highest BCUT2D eigenvalue weighted by Gasteiger charge is 2.14. The maximum absolute atomic E-state index is 5.60. The van der Waals surface area contributed by atoms with Gasteiger partial charge in [0, 0.05) is 52.6 Å². The second-order valence-electron chi connectivity index (χ2n) is 6.68. The number of hydrogen-bond acceptors (Lipinski definition) is 4. The third-order valence-corrected chi connectivity index (χ3v) is 4.04. The van der Waals surface area contributed by atoms with Crippen LogP contribution in [0.25, 0.3) is 0 Å². The van der Waals surface area contributed by atoms with Gasteiger partial charge in [-0.2, -0.15) is 5.10 Å². The molecule has 2 aromatic heterocycles. The summed E-state index contributed by atoms with van der Waals surface area (Å²) in [6.45, 7) is 7.10. The molecule has 152 valence electrons. The molecule has 8 heteroatoms. The summed E-state index contributed by atoms with van der Waals surface area (Å²) in [7, 11) is 5.81. The van der Waals surface area contributed by atoms with Crippen molar-refractivity contribution in [1.29, 1.82) is 0 Å². The molecule has 0 atom stereocenters. The molecule has 0 amide bonds. The van der Waals surface area contributed by atoms with E-state index < -0.39 is 0 Å². The van der Waals surface area contributed by atoms with Gasteiger partial charge in [-0.05, 0) is 24.5 Å². The van der Waals surface area contributed by atoms with Crippen molar-refractivity contribution >= 4 is 29.9 Å². The molecule has 0 saturated heterocycles. The van der Waals surface area contributed by atoms with Gasteiger partial charge in [-0.25, -0.2) is 0 Å². The SMILES string of the molecule is CN=C(NCCCOCc1ccco1)N(C)Cc1cn(C)nc1C(C)C.I. The van der Waals surface area contributed by atoms with E-state index in [9.17, 15) is 0 Å². The average molecular weight is 489 g/mol. The van der Waals surface area contributed by atoms with Crippen LogP contribution in [0.5, 0.6) is 0 Å². The molecule has 0 aliphatic rings. The fraction of sp³-hybridized carbons (Fsp3) is 0.579. The average Bonchev–Trinajstić information content (AvgIpc) is 3.23. The lowest BCUT2D eigenvalue weighted by Gasteiger charge is -2.22. The molecule has 0 bridgehead atoms. The predicted octanol–water partition coefficient (Wildman–Crippen LogP) is 3.37. The van der Waals surface area contributed by atoms with Crippen LogP contribution in [0.4, 0.5) is 0 Å². The minimum atomic E-state index is 0. The Hall–Kier alpha value is -1.55. The maximum Gasteiger partial charge on any atom is 0.193 e. The van der Waals surface area contributed by atoms with Gasteiger partial charge in [0.2, 0.25) is 0 Å². The van der Waals surface area contributed by atoms with Crippen molar-refractivity contribution < 1.29 is 9.15 Å². The number of aliphatic imine (C=N–C) groups is 1. The first kappa shape index (κ1) is 23.5. The van der Waals surface area contributed by atoms with Gasteiger partial charge in [0.05, 0.1) is 12.0 Å². The lowest BCUT2D eigenvalue weighted by Crippen LogP contribution is -2.39. The Morgan fingerprint density at radius 1 is 1.44 bits per heavy atom. The molecule has 2 heterocycles. The van der Waals surface area contributed by atoms with E-state index in [0.29, 0.717) is 19.1 Å². The first-order valence-electron chi connectivity index (χ1n) is 9.05. The third kappa shape index (κ3) is 7.53. The Labute approximate surface area is 179 Å². The first-order chi connectivity index (χ1) is 12.5. The van der Waals surface area contributed by atoms with Gasteiger partial charge in [0.25, 0.3) is 0 Å². The highest BCUT2D eigenvalue weighted by atomic mass is 127. The van der Waals surface area contributed by atoms with Crippen molar-refractivity contribution in [2.45, 2.75) is 39.3 Å². The summed E-state index contributed by atoms with van der Waals surface area (Å²) < 4.78 is 12.7. The Kier molecular flexibility index (Phi) is 10.5. The summed E-state index contributed by atoms with van der Waals surface area (Å²) in [6.07, 6.45) is 4.65. The summed E-state index contributed by atoms with van der Waals surface area (Å²) in [5.74, 6) is 2.13. The first-order valence-corrected chi connectivity index (χ1v) is 9.05. The van der Waals surface area contributed by atoms with Crippen LogP contribution >= 0.6 is 24.0 Å². The van der Waals surface area contributed by atoms with Gasteiger partial charge in [0.1, 0.15) is 12.4 Å². The molecule has 1 N–H and O–H groups in total. The van der Waals surface area contributed by atoms with Gasteiger partial charge in [-0.3, -0.25) is 9.67 Å². The Balaban J connectivity index is 0.00000364. The van der Waals surface area contributed by atoms with Gasteiger partial charge < -0.3 is 19.4 Å². The van der Waals surface area contributed by atoms with Gasteiger partial charge in [-0.1, -0.05) is 13.8 Å². The summed E-state index contributed by atoms with van der Waals surface area (Å²) in [6, 6.07) is 3.78. The molecule has 0 aliphatic carbocycles. The predicted molar refractivity (Wildman–Crippen MR) is 119 cm³/mol. The zero-order valence-electron chi connectivity index (χ0n) is 16.9. The molecule has 0 aromatic carbocycles. The van der Waals surface area contributed by atoms with E-state index in [0.717, 1.165) is 36.9 Å². The molecule has 2 rings (SSSR count). The summed E-state index contributed by atoms with van der Waals surface area (Å²) >= 11 is 0.